The number of halogens is 2. The molecule has 6 heteroatoms. The van der Waals surface area contributed by atoms with Crippen LogP contribution < -0.4 is 5.32 Å². The smallest absolute Gasteiger partial charge is 0.222 e. The van der Waals surface area contributed by atoms with Crippen LogP contribution in [0.5, 0.6) is 0 Å². The molecule has 22 heavy (non-hydrogen) atoms. The summed E-state index contributed by atoms with van der Waals surface area (Å²) < 4.78 is 31.8. The zero-order chi connectivity index (χ0) is 16.8. The predicted octanol–water partition coefficient (Wildman–Crippen LogP) is 2.35. The number of hydrogen-bond donors (Lipinski definition) is 2. The first-order chi connectivity index (χ1) is 10.2. The van der Waals surface area contributed by atoms with Crippen molar-refractivity contribution in [3.63, 3.8) is 0 Å². The Hall–Kier alpha value is -1.53. The first-order valence-corrected chi connectivity index (χ1v) is 7.24. The number of amides is 1. The van der Waals surface area contributed by atoms with Gasteiger partial charge in [0.15, 0.2) is 0 Å². The molecule has 1 rings (SSSR count). The largest absolute Gasteiger partial charge is 0.383 e. The summed E-state index contributed by atoms with van der Waals surface area (Å²) in [6, 6.07) is 2.93. The summed E-state index contributed by atoms with van der Waals surface area (Å²) in [6.07, 6.45) is 0.161. The molecule has 1 atom stereocenters. The third-order valence-corrected chi connectivity index (χ3v) is 3.07. The van der Waals surface area contributed by atoms with Gasteiger partial charge in [-0.05, 0) is 18.9 Å². The van der Waals surface area contributed by atoms with Crippen molar-refractivity contribution in [1.82, 2.24) is 5.32 Å². The van der Waals surface area contributed by atoms with E-state index in [0.29, 0.717) is 18.6 Å². The lowest BCUT2D eigenvalue weighted by molar-refractivity contribution is -0.123. The molecule has 0 aromatic heterocycles. The molecule has 1 aromatic rings. The van der Waals surface area contributed by atoms with E-state index in [2.05, 4.69) is 5.32 Å². The van der Waals surface area contributed by atoms with Gasteiger partial charge in [0.1, 0.15) is 17.2 Å². The molecule has 0 aliphatic rings. The molecule has 0 radical (unpaired) electrons. The van der Waals surface area contributed by atoms with E-state index in [0.717, 1.165) is 6.07 Å². The first-order valence-electron chi connectivity index (χ1n) is 7.24. The van der Waals surface area contributed by atoms with Crippen LogP contribution in [-0.4, -0.2) is 30.8 Å². The number of hydrogen-bond acceptors (Lipinski definition) is 3. The maximum absolute atomic E-state index is 13.7. The fourth-order valence-corrected chi connectivity index (χ4v) is 1.86. The van der Waals surface area contributed by atoms with Crippen LogP contribution >= 0.6 is 0 Å². The lowest BCUT2D eigenvalue weighted by Crippen LogP contribution is -2.39. The Bertz CT molecular complexity index is 504. The van der Waals surface area contributed by atoms with E-state index in [9.17, 15) is 18.7 Å². The molecule has 0 aliphatic carbocycles. The average molecular weight is 315 g/mol. The van der Waals surface area contributed by atoms with Crippen molar-refractivity contribution < 1.29 is 23.4 Å². The Labute approximate surface area is 129 Å². The Balaban J connectivity index is 2.46. The molecule has 0 spiro atoms. The van der Waals surface area contributed by atoms with Gasteiger partial charge in [0.2, 0.25) is 5.91 Å². The van der Waals surface area contributed by atoms with Crippen LogP contribution in [0.1, 0.15) is 32.8 Å². The van der Waals surface area contributed by atoms with Gasteiger partial charge in [0, 0.05) is 24.7 Å². The third kappa shape index (κ3) is 6.07. The molecule has 0 saturated carbocycles. The van der Waals surface area contributed by atoms with Gasteiger partial charge in [-0.2, -0.15) is 0 Å². The quantitative estimate of drug-likeness (QED) is 0.724. The number of benzene rings is 1. The normalized spacial score (nSPS) is 14.0. The molecule has 1 unspecified atom stereocenters. The zero-order valence-corrected chi connectivity index (χ0v) is 13.2. The van der Waals surface area contributed by atoms with E-state index in [1.165, 1.54) is 13.0 Å². The van der Waals surface area contributed by atoms with Crippen LogP contribution in [0.25, 0.3) is 0 Å². The number of carbonyl (C=O) groups is 1. The van der Waals surface area contributed by atoms with E-state index in [4.69, 9.17) is 4.74 Å². The van der Waals surface area contributed by atoms with Gasteiger partial charge in [-0.3, -0.25) is 4.79 Å². The van der Waals surface area contributed by atoms with Crippen LogP contribution in [0.15, 0.2) is 18.2 Å². The molecule has 0 aliphatic heterocycles. The minimum Gasteiger partial charge on any atom is -0.383 e. The number of ether oxygens (including phenoxy) is 1. The lowest BCUT2D eigenvalue weighted by atomic mass is 9.95. The van der Waals surface area contributed by atoms with Gasteiger partial charge in [0.25, 0.3) is 0 Å². The number of aliphatic hydroxyl groups is 1. The number of carbonyl (C=O) groups excluding carboxylic acids is 1. The highest BCUT2D eigenvalue weighted by atomic mass is 19.1. The van der Waals surface area contributed by atoms with Gasteiger partial charge in [-0.1, -0.05) is 19.9 Å². The van der Waals surface area contributed by atoms with Gasteiger partial charge in [-0.25, -0.2) is 8.78 Å². The van der Waals surface area contributed by atoms with Crippen LogP contribution in [0.3, 0.4) is 0 Å². The molecule has 2 N–H and O–H groups in total. The first kappa shape index (κ1) is 18.5. The zero-order valence-electron chi connectivity index (χ0n) is 13.2. The molecule has 0 heterocycles. The van der Waals surface area contributed by atoms with Crippen molar-refractivity contribution in [3.05, 3.63) is 35.4 Å². The fourth-order valence-electron chi connectivity index (χ4n) is 1.86. The summed E-state index contributed by atoms with van der Waals surface area (Å²) in [4.78, 5) is 11.6. The summed E-state index contributed by atoms with van der Waals surface area (Å²) in [5, 5.41) is 12.8. The summed E-state index contributed by atoms with van der Waals surface area (Å²) in [5.74, 6) is -1.47. The van der Waals surface area contributed by atoms with Crippen LogP contribution in [0.2, 0.25) is 0 Å². The lowest BCUT2D eigenvalue weighted by Gasteiger charge is -2.24. The highest BCUT2D eigenvalue weighted by Crippen LogP contribution is 2.23. The molecular weight excluding hydrogens is 292 g/mol. The summed E-state index contributed by atoms with van der Waals surface area (Å²) in [5.41, 5.74) is -1.68. The highest BCUT2D eigenvalue weighted by molar-refractivity contribution is 5.76. The number of rotatable bonds is 8. The van der Waals surface area contributed by atoms with Crippen LogP contribution in [-0.2, 0) is 15.1 Å². The predicted molar refractivity (Wildman–Crippen MR) is 79.2 cm³/mol. The van der Waals surface area contributed by atoms with E-state index >= 15 is 0 Å². The monoisotopic (exact) mass is 315 g/mol. The molecule has 1 aromatic carbocycles. The van der Waals surface area contributed by atoms with Crippen molar-refractivity contribution in [2.24, 2.45) is 5.92 Å². The van der Waals surface area contributed by atoms with Crippen molar-refractivity contribution in [3.8, 4) is 0 Å². The second-order valence-electron chi connectivity index (χ2n) is 5.89. The summed E-state index contributed by atoms with van der Waals surface area (Å²) in [7, 11) is 0. The van der Waals surface area contributed by atoms with E-state index < -0.39 is 17.2 Å². The maximum atomic E-state index is 13.7. The van der Waals surface area contributed by atoms with Crippen molar-refractivity contribution >= 4 is 5.91 Å². The Morgan fingerprint density at radius 1 is 1.41 bits per heavy atom. The second-order valence-corrected chi connectivity index (χ2v) is 5.89. The summed E-state index contributed by atoms with van der Waals surface area (Å²) in [6.45, 7) is 6.07. The van der Waals surface area contributed by atoms with Gasteiger partial charge in [0.05, 0.1) is 13.2 Å². The van der Waals surface area contributed by atoms with E-state index in [1.54, 1.807) is 0 Å². The Kier molecular flexibility index (Phi) is 6.90. The molecule has 0 bridgehead atoms. The fraction of sp³-hybridized carbons (Fsp3) is 0.562. The van der Waals surface area contributed by atoms with Crippen molar-refractivity contribution in [2.75, 3.05) is 19.8 Å². The minimum atomic E-state index is -1.62. The van der Waals surface area contributed by atoms with Crippen molar-refractivity contribution in [2.45, 2.75) is 32.8 Å². The average Bonchev–Trinajstić information content (AvgIpc) is 2.41. The van der Waals surface area contributed by atoms with Crippen LogP contribution in [0.4, 0.5) is 8.78 Å². The molecule has 0 saturated heterocycles. The SMILES string of the molecule is CC(C)COCCC(=O)NCC(C)(O)c1ccc(F)cc1F. The van der Waals surface area contributed by atoms with Gasteiger partial charge < -0.3 is 15.2 Å². The molecule has 4 nitrogen and oxygen atoms in total. The Morgan fingerprint density at radius 3 is 2.68 bits per heavy atom. The Morgan fingerprint density at radius 2 is 2.09 bits per heavy atom. The molecule has 124 valence electrons. The molecule has 0 fully saturated rings. The standard InChI is InChI=1S/C16H23F2NO3/c1-11(2)9-22-7-6-15(20)19-10-16(3,21)13-5-4-12(17)8-14(13)18/h4-5,8,11,21H,6-7,9-10H2,1-3H3,(H,19,20). The minimum absolute atomic E-state index is 0.0646. The van der Waals surface area contributed by atoms with E-state index in [-0.39, 0.29) is 31.0 Å². The molecule has 1 amide bonds. The van der Waals surface area contributed by atoms with Crippen molar-refractivity contribution in [1.29, 1.82) is 0 Å². The van der Waals surface area contributed by atoms with Gasteiger partial charge in [-0.15, -0.1) is 0 Å². The second kappa shape index (κ2) is 8.19. The maximum Gasteiger partial charge on any atom is 0.222 e. The van der Waals surface area contributed by atoms with E-state index in [1.807, 2.05) is 13.8 Å². The number of nitrogens with one attached hydrogen (secondary N) is 1. The van der Waals surface area contributed by atoms with Crippen LogP contribution in [0, 0.1) is 17.6 Å². The van der Waals surface area contributed by atoms with Gasteiger partial charge >= 0.3 is 0 Å². The molecular formula is C16H23F2NO3. The topological polar surface area (TPSA) is 58.6 Å². The summed E-state index contributed by atoms with van der Waals surface area (Å²) >= 11 is 0. The highest BCUT2D eigenvalue weighted by Gasteiger charge is 2.27. The third-order valence-electron chi connectivity index (χ3n) is 3.07.